The second-order valence-electron chi connectivity index (χ2n) is 7.84. The van der Waals surface area contributed by atoms with Crippen LogP contribution in [-0.4, -0.2) is 63.2 Å². The van der Waals surface area contributed by atoms with Crippen LogP contribution in [0.1, 0.15) is 80.5 Å². The zero-order valence-corrected chi connectivity index (χ0v) is 20.3. The second-order valence-corrected chi connectivity index (χ2v) is 7.84. The van der Waals surface area contributed by atoms with Gasteiger partial charge < -0.3 is 23.7 Å². The number of hydrogen-bond acceptors (Lipinski definition) is 8. The van der Waals surface area contributed by atoms with Gasteiger partial charge in [0.25, 0.3) is 0 Å². The molecule has 2 unspecified atom stereocenters. The lowest BCUT2D eigenvalue weighted by molar-refractivity contribution is -0.141. The molecule has 0 heterocycles. The van der Waals surface area contributed by atoms with Gasteiger partial charge in [0.2, 0.25) is 0 Å². The van der Waals surface area contributed by atoms with Gasteiger partial charge in [0, 0.05) is 19.8 Å². The molecule has 0 fully saturated rings. The van der Waals surface area contributed by atoms with E-state index in [0.29, 0.717) is 50.4 Å². The summed E-state index contributed by atoms with van der Waals surface area (Å²) < 4.78 is 26.7. The second kappa shape index (κ2) is 17.1. The first-order chi connectivity index (χ1) is 15.8. The van der Waals surface area contributed by atoms with Crippen LogP contribution in [0.3, 0.4) is 0 Å². The Morgan fingerprint density at radius 2 is 1.12 bits per heavy atom. The van der Waals surface area contributed by atoms with Gasteiger partial charge in [-0.3, -0.25) is 4.79 Å². The molecule has 0 radical (unpaired) electrons. The van der Waals surface area contributed by atoms with Crippen molar-refractivity contribution in [3.05, 3.63) is 35.4 Å². The van der Waals surface area contributed by atoms with Gasteiger partial charge in [0.1, 0.15) is 0 Å². The third-order valence-electron chi connectivity index (χ3n) is 4.69. The van der Waals surface area contributed by atoms with Gasteiger partial charge in [-0.05, 0) is 57.4 Å². The van der Waals surface area contributed by atoms with Gasteiger partial charge in [-0.1, -0.05) is 6.92 Å². The van der Waals surface area contributed by atoms with Gasteiger partial charge in [-0.15, -0.1) is 0 Å². The molecule has 0 aliphatic rings. The van der Waals surface area contributed by atoms with Gasteiger partial charge in [0.15, 0.2) is 0 Å². The standard InChI is InChI=1S/C25H38O8/c1-5-14-32-24(27)22-10-12-23(13-11-22)25(28)33-18-7-16-30-20(3)9-8-19(2)29-15-6-17-31-21(4)26/h10-13,19-20H,5-9,14-18H2,1-4H3. The van der Waals surface area contributed by atoms with Crippen LogP contribution in [0, 0.1) is 0 Å². The maximum Gasteiger partial charge on any atom is 0.338 e. The number of carbonyl (C=O) groups excluding carboxylic acids is 3. The Labute approximate surface area is 196 Å². The summed E-state index contributed by atoms with van der Waals surface area (Å²) in [5.41, 5.74) is 0.794. The number of benzene rings is 1. The summed E-state index contributed by atoms with van der Waals surface area (Å²) in [4.78, 5) is 34.6. The highest BCUT2D eigenvalue weighted by molar-refractivity contribution is 5.93. The zero-order chi connectivity index (χ0) is 24.5. The van der Waals surface area contributed by atoms with Crippen molar-refractivity contribution >= 4 is 17.9 Å². The lowest BCUT2D eigenvalue weighted by Crippen LogP contribution is -2.17. The summed E-state index contributed by atoms with van der Waals surface area (Å²) in [6, 6.07) is 6.24. The van der Waals surface area contributed by atoms with E-state index < -0.39 is 11.9 Å². The maximum atomic E-state index is 12.1. The van der Waals surface area contributed by atoms with Crippen molar-refractivity contribution in [2.75, 3.05) is 33.0 Å². The molecule has 0 spiro atoms. The van der Waals surface area contributed by atoms with Crippen molar-refractivity contribution in [3.63, 3.8) is 0 Å². The van der Waals surface area contributed by atoms with Crippen molar-refractivity contribution in [2.24, 2.45) is 0 Å². The minimum Gasteiger partial charge on any atom is -0.466 e. The van der Waals surface area contributed by atoms with Crippen LogP contribution >= 0.6 is 0 Å². The first-order valence-corrected chi connectivity index (χ1v) is 11.6. The molecule has 0 aromatic heterocycles. The Hall–Kier alpha value is -2.45. The van der Waals surface area contributed by atoms with Gasteiger partial charge in [-0.25, -0.2) is 9.59 Å². The molecule has 0 amide bonds. The molecule has 1 rings (SSSR count). The summed E-state index contributed by atoms with van der Waals surface area (Å²) in [6.07, 6.45) is 3.95. The first-order valence-electron chi connectivity index (χ1n) is 11.6. The molecule has 8 nitrogen and oxygen atoms in total. The van der Waals surface area contributed by atoms with E-state index in [4.69, 9.17) is 23.7 Å². The summed E-state index contributed by atoms with van der Waals surface area (Å²) in [5, 5.41) is 0. The molecule has 186 valence electrons. The van der Waals surface area contributed by atoms with E-state index in [2.05, 4.69) is 0 Å². The van der Waals surface area contributed by atoms with Crippen molar-refractivity contribution in [1.29, 1.82) is 0 Å². The molecule has 0 bridgehead atoms. The molecule has 8 heteroatoms. The summed E-state index contributed by atoms with van der Waals surface area (Å²) in [6.45, 7) is 9.39. The predicted molar refractivity (Wildman–Crippen MR) is 123 cm³/mol. The van der Waals surface area contributed by atoms with Crippen LogP contribution in [0.4, 0.5) is 0 Å². The molecule has 0 aliphatic heterocycles. The van der Waals surface area contributed by atoms with E-state index in [1.807, 2.05) is 20.8 Å². The molecule has 33 heavy (non-hydrogen) atoms. The van der Waals surface area contributed by atoms with E-state index in [1.165, 1.54) is 6.92 Å². The Balaban J connectivity index is 2.12. The molecule has 0 saturated carbocycles. The van der Waals surface area contributed by atoms with Crippen molar-refractivity contribution in [1.82, 2.24) is 0 Å². The molecule has 1 aromatic carbocycles. The lowest BCUT2D eigenvalue weighted by atomic mass is 10.1. The number of carbonyl (C=O) groups is 3. The first kappa shape index (κ1) is 28.6. The van der Waals surface area contributed by atoms with Gasteiger partial charge in [-0.2, -0.15) is 0 Å². The highest BCUT2D eigenvalue weighted by Crippen LogP contribution is 2.10. The van der Waals surface area contributed by atoms with E-state index in [0.717, 1.165) is 19.3 Å². The fourth-order valence-corrected chi connectivity index (χ4v) is 2.81. The Morgan fingerprint density at radius 3 is 1.55 bits per heavy atom. The smallest absolute Gasteiger partial charge is 0.338 e. The van der Waals surface area contributed by atoms with Crippen LogP contribution in [0.5, 0.6) is 0 Å². The number of hydrogen-bond donors (Lipinski definition) is 0. The van der Waals surface area contributed by atoms with E-state index in [-0.39, 0.29) is 24.8 Å². The van der Waals surface area contributed by atoms with Crippen LogP contribution in [0.2, 0.25) is 0 Å². The SMILES string of the molecule is CCCOC(=O)c1ccc(C(=O)OCCCOC(C)CCC(C)OCCCOC(C)=O)cc1. The minimum atomic E-state index is -0.434. The normalized spacial score (nSPS) is 12.6. The fourth-order valence-electron chi connectivity index (χ4n) is 2.81. The fraction of sp³-hybridized carbons (Fsp3) is 0.640. The highest BCUT2D eigenvalue weighted by atomic mass is 16.5. The van der Waals surface area contributed by atoms with Gasteiger partial charge >= 0.3 is 17.9 Å². The summed E-state index contributed by atoms with van der Waals surface area (Å²) >= 11 is 0. The molecule has 1 aromatic rings. The van der Waals surface area contributed by atoms with E-state index >= 15 is 0 Å². The molecular formula is C25H38O8. The summed E-state index contributed by atoms with van der Waals surface area (Å²) in [7, 11) is 0. The van der Waals surface area contributed by atoms with Crippen LogP contribution < -0.4 is 0 Å². The molecule has 0 saturated heterocycles. The maximum absolute atomic E-state index is 12.1. The van der Waals surface area contributed by atoms with Crippen molar-refractivity contribution in [3.8, 4) is 0 Å². The number of ether oxygens (including phenoxy) is 5. The lowest BCUT2D eigenvalue weighted by Gasteiger charge is -2.17. The van der Waals surface area contributed by atoms with Crippen LogP contribution in [0.15, 0.2) is 24.3 Å². The Bertz CT molecular complexity index is 701. The third-order valence-corrected chi connectivity index (χ3v) is 4.69. The summed E-state index contributed by atoms with van der Waals surface area (Å²) in [5.74, 6) is -1.11. The third kappa shape index (κ3) is 13.6. The van der Waals surface area contributed by atoms with E-state index in [9.17, 15) is 14.4 Å². The topological polar surface area (TPSA) is 97.4 Å². The molecular weight excluding hydrogens is 428 g/mol. The average Bonchev–Trinajstić information content (AvgIpc) is 2.80. The van der Waals surface area contributed by atoms with Gasteiger partial charge in [0.05, 0.1) is 56.4 Å². The van der Waals surface area contributed by atoms with Crippen LogP contribution in [-0.2, 0) is 28.5 Å². The quantitative estimate of drug-likeness (QED) is 0.190. The number of rotatable bonds is 17. The van der Waals surface area contributed by atoms with Crippen LogP contribution in [0.25, 0.3) is 0 Å². The van der Waals surface area contributed by atoms with E-state index in [1.54, 1.807) is 24.3 Å². The monoisotopic (exact) mass is 466 g/mol. The van der Waals surface area contributed by atoms with Crippen molar-refractivity contribution in [2.45, 2.75) is 72.0 Å². The highest BCUT2D eigenvalue weighted by Gasteiger charge is 2.11. The Kier molecular flexibility index (Phi) is 14.8. The number of esters is 3. The largest absolute Gasteiger partial charge is 0.466 e. The molecule has 2 atom stereocenters. The predicted octanol–water partition coefficient (Wildman–Crippen LogP) is 4.34. The molecule has 0 aliphatic carbocycles. The minimum absolute atomic E-state index is 0.0767. The zero-order valence-electron chi connectivity index (χ0n) is 20.3. The average molecular weight is 467 g/mol. The Morgan fingerprint density at radius 1 is 0.697 bits per heavy atom. The van der Waals surface area contributed by atoms with Crippen molar-refractivity contribution < 1.29 is 38.1 Å². The molecule has 0 N–H and O–H groups in total.